The molecule has 8 heteroatoms. The number of anilines is 1. The molecule has 0 amide bonds. The molecular weight excluding hydrogens is 339 g/mol. The van der Waals surface area contributed by atoms with Gasteiger partial charge >= 0.3 is 0 Å². The molecule has 0 radical (unpaired) electrons. The van der Waals surface area contributed by atoms with Crippen molar-refractivity contribution in [3.05, 3.63) is 18.2 Å². The highest BCUT2D eigenvalue weighted by Crippen LogP contribution is 2.42. The van der Waals surface area contributed by atoms with Crippen LogP contribution >= 0.6 is 11.8 Å². The molecule has 3 N–H and O–H groups in total. The molecule has 4 rings (SSSR count). The van der Waals surface area contributed by atoms with Crippen molar-refractivity contribution in [1.82, 2.24) is 19.7 Å². The van der Waals surface area contributed by atoms with E-state index in [0.29, 0.717) is 29.0 Å². The second-order valence-corrected chi connectivity index (χ2v) is 8.24. The van der Waals surface area contributed by atoms with Crippen LogP contribution in [0.15, 0.2) is 17.4 Å². The Morgan fingerprint density at radius 1 is 1.20 bits per heavy atom. The van der Waals surface area contributed by atoms with E-state index in [2.05, 4.69) is 20.4 Å². The van der Waals surface area contributed by atoms with Crippen LogP contribution in [0.3, 0.4) is 0 Å². The van der Waals surface area contributed by atoms with Crippen molar-refractivity contribution in [3.8, 4) is 11.3 Å². The fourth-order valence-electron chi connectivity index (χ4n) is 3.14. The molecule has 0 bridgehead atoms. The first-order valence-electron chi connectivity index (χ1n) is 8.84. The van der Waals surface area contributed by atoms with E-state index in [9.17, 15) is 4.39 Å². The van der Waals surface area contributed by atoms with Crippen molar-refractivity contribution in [1.29, 1.82) is 0 Å². The van der Waals surface area contributed by atoms with Gasteiger partial charge in [-0.15, -0.1) is 11.8 Å². The van der Waals surface area contributed by atoms with Gasteiger partial charge in [0.1, 0.15) is 10.7 Å². The van der Waals surface area contributed by atoms with Gasteiger partial charge in [0.05, 0.1) is 18.0 Å². The van der Waals surface area contributed by atoms with Crippen molar-refractivity contribution in [2.24, 2.45) is 12.8 Å². The van der Waals surface area contributed by atoms with Crippen molar-refractivity contribution >= 4 is 17.7 Å². The van der Waals surface area contributed by atoms with E-state index in [1.807, 2.05) is 7.05 Å². The molecule has 0 saturated heterocycles. The molecule has 0 spiro atoms. The topological polar surface area (TPSA) is 81.7 Å². The van der Waals surface area contributed by atoms with Gasteiger partial charge in [0.2, 0.25) is 5.95 Å². The Labute approximate surface area is 150 Å². The molecule has 2 aromatic rings. The second kappa shape index (κ2) is 6.92. The number of nitrogens with one attached hydrogen (secondary N) is 1. The standard InChI is InChI=1S/C17H23FN6S/c1-24-16(25-12-6-7-12)13(8-21-24)15-14(18)9-20-17(23-15)22-11-4-2-10(19)3-5-11/h8-12H,2-7,19H2,1H3,(H,20,22,23)/t10-,11-. The van der Waals surface area contributed by atoms with Crippen LogP contribution in [-0.4, -0.2) is 37.1 Å². The fraction of sp³-hybridized carbons (Fsp3) is 0.588. The van der Waals surface area contributed by atoms with Crippen LogP contribution in [-0.2, 0) is 7.05 Å². The van der Waals surface area contributed by atoms with Gasteiger partial charge in [-0.05, 0) is 38.5 Å². The summed E-state index contributed by atoms with van der Waals surface area (Å²) >= 11 is 1.75. The largest absolute Gasteiger partial charge is 0.351 e. The predicted octanol–water partition coefficient (Wildman–Crippen LogP) is 2.95. The fourth-order valence-corrected chi connectivity index (χ4v) is 4.31. The third kappa shape index (κ3) is 3.79. The molecule has 2 fully saturated rings. The van der Waals surface area contributed by atoms with Crippen LogP contribution in [0.4, 0.5) is 10.3 Å². The third-order valence-corrected chi connectivity index (χ3v) is 6.30. The number of nitrogens with two attached hydrogens (primary N) is 1. The summed E-state index contributed by atoms with van der Waals surface area (Å²) < 4.78 is 16.2. The summed E-state index contributed by atoms with van der Waals surface area (Å²) in [4.78, 5) is 8.59. The number of hydrogen-bond donors (Lipinski definition) is 2. The molecule has 2 heterocycles. The maximum atomic E-state index is 14.4. The van der Waals surface area contributed by atoms with E-state index in [4.69, 9.17) is 5.73 Å². The second-order valence-electron chi connectivity index (χ2n) is 6.95. The first-order chi connectivity index (χ1) is 12.1. The molecule has 2 aliphatic rings. The monoisotopic (exact) mass is 362 g/mol. The van der Waals surface area contributed by atoms with Crippen molar-refractivity contribution < 1.29 is 4.39 Å². The zero-order valence-corrected chi connectivity index (χ0v) is 15.1. The van der Waals surface area contributed by atoms with Crippen molar-refractivity contribution in [3.63, 3.8) is 0 Å². The number of aryl methyl sites for hydroxylation is 1. The lowest BCUT2D eigenvalue weighted by Crippen LogP contribution is -2.33. The van der Waals surface area contributed by atoms with Crippen molar-refractivity contribution in [2.45, 2.75) is 60.9 Å². The van der Waals surface area contributed by atoms with Crippen LogP contribution in [0, 0.1) is 5.82 Å². The van der Waals surface area contributed by atoms with Crippen molar-refractivity contribution in [2.75, 3.05) is 5.32 Å². The number of halogens is 1. The lowest BCUT2D eigenvalue weighted by molar-refractivity contribution is 0.409. The molecule has 0 atom stereocenters. The van der Waals surface area contributed by atoms with E-state index in [1.165, 1.54) is 19.0 Å². The predicted molar refractivity (Wildman–Crippen MR) is 96.9 cm³/mol. The molecule has 0 unspecified atom stereocenters. The zero-order valence-electron chi connectivity index (χ0n) is 14.3. The van der Waals surface area contributed by atoms with Gasteiger partial charge < -0.3 is 11.1 Å². The number of nitrogens with zero attached hydrogens (tertiary/aromatic N) is 4. The molecule has 0 aliphatic heterocycles. The Morgan fingerprint density at radius 3 is 2.68 bits per heavy atom. The summed E-state index contributed by atoms with van der Waals surface area (Å²) in [5.41, 5.74) is 7.02. The number of rotatable bonds is 5. The molecular formula is C17H23FN6S. The molecule has 0 aromatic carbocycles. The van der Waals surface area contributed by atoms with E-state index < -0.39 is 5.82 Å². The van der Waals surface area contributed by atoms with Gasteiger partial charge in [-0.3, -0.25) is 4.68 Å². The van der Waals surface area contributed by atoms with Gasteiger partial charge in [-0.25, -0.2) is 14.4 Å². The first-order valence-corrected chi connectivity index (χ1v) is 9.72. The maximum Gasteiger partial charge on any atom is 0.223 e. The van der Waals surface area contributed by atoms with Crippen LogP contribution < -0.4 is 11.1 Å². The lowest BCUT2D eigenvalue weighted by Gasteiger charge is -2.26. The number of hydrogen-bond acceptors (Lipinski definition) is 6. The molecule has 2 saturated carbocycles. The van der Waals surface area contributed by atoms with E-state index in [-0.39, 0.29) is 0 Å². The van der Waals surface area contributed by atoms with E-state index >= 15 is 0 Å². The summed E-state index contributed by atoms with van der Waals surface area (Å²) in [6.45, 7) is 0. The van der Waals surface area contributed by atoms with Gasteiger partial charge in [-0.2, -0.15) is 5.10 Å². The highest BCUT2D eigenvalue weighted by molar-refractivity contribution is 8.00. The Kier molecular flexibility index (Phi) is 4.64. The van der Waals surface area contributed by atoms with Crippen LogP contribution in [0.2, 0.25) is 0 Å². The lowest BCUT2D eigenvalue weighted by atomic mass is 9.92. The average Bonchev–Trinajstić information content (AvgIpc) is 3.35. The molecule has 6 nitrogen and oxygen atoms in total. The van der Waals surface area contributed by atoms with Crippen LogP contribution in [0.25, 0.3) is 11.3 Å². The Bertz CT molecular complexity index is 752. The molecule has 2 aromatic heterocycles. The molecule has 25 heavy (non-hydrogen) atoms. The summed E-state index contributed by atoms with van der Waals surface area (Å²) in [6, 6.07) is 0.590. The maximum absolute atomic E-state index is 14.4. The van der Waals surface area contributed by atoms with E-state index in [1.54, 1.807) is 22.6 Å². The van der Waals surface area contributed by atoms with Crippen LogP contribution in [0.1, 0.15) is 38.5 Å². The SMILES string of the molecule is Cn1ncc(-c2nc(N[C@H]3CC[C@H](N)CC3)ncc2F)c1SC1CC1. The number of aromatic nitrogens is 4. The van der Waals surface area contributed by atoms with Gasteiger partial charge in [0.25, 0.3) is 0 Å². The third-order valence-electron chi connectivity index (χ3n) is 4.79. The summed E-state index contributed by atoms with van der Waals surface area (Å²) in [7, 11) is 1.89. The number of thioether (sulfide) groups is 1. The first kappa shape index (κ1) is 16.8. The highest BCUT2D eigenvalue weighted by Gasteiger charge is 2.27. The Balaban J connectivity index is 1.57. The van der Waals surface area contributed by atoms with E-state index in [0.717, 1.165) is 36.3 Å². The van der Waals surface area contributed by atoms with Gasteiger partial charge in [-0.1, -0.05) is 0 Å². The van der Waals surface area contributed by atoms with Gasteiger partial charge in [0.15, 0.2) is 5.82 Å². The highest BCUT2D eigenvalue weighted by atomic mass is 32.2. The minimum absolute atomic E-state index is 0.292. The molecule has 134 valence electrons. The normalized spacial score (nSPS) is 23.6. The molecule has 2 aliphatic carbocycles. The smallest absolute Gasteiger partial charge is 0.223 e. The summed E-state index contributed by atoms with van der Waals surface area (Å²) in [5, 5.41) is 9.22. The average molecular weight is 362 g/mol. The summed E-state index contributed by atoms with van der Waals surface area (Å²) in [6.07, 6.45) is 9.33. The van der Waals surface area contributed by atoms with Crippen LogP contribution in [0.5, 0.6) is 0 Å². The Morgan fingerprint density at radius 2 is 1.96 bits per heavy atom. The quantitative estimate of drug-likeness (QED) is 0.851. The minimum Gasteiger partial charge on any atom is -0.351 e. The van der Waals surface area contributed by atoms with Gasteiger partial charge in [0, 0.05) is 24.4 Å². The minimum atomic E-state index is -0.415. The summed E-state index contributed by atoms with van der Waals surface area (Å²) in [5.74, 6) is 0.0601. The zero-order chi connectivity index (χ0) is 17.4. The Hall–Kier alpha value is -1.67.